The fourth-order valence-corrected chi connectivity index (χ4v) is 5.73. The zero-order valence-electron chi connectivity index (χ0n) is 18.5. The molecule has 0 atom stereocenters. The van der Waals surface area contributed by atoms with Gasteiger partial charge in [0.05, 0.1) is 22.4 Å². The zero-order valence-corrected chi connectivity index (χ0v) is 18.5. The van der Waals surface area contributed by atoms with Gasteiger partial charge in [0.15, 0.2) is 11.5 Å². The Hall–Kier alpha value is -2.94. The Morgan fingerprint density at radius 2 is 1.40 bits per heavy atom. The minimum Gasteiger partial charge on any atom is -0.451 e. The molecule has 1 aliphatic carbocycles. The van der Waals surface area contributed by atoms with E-state index in [9.17, 15) is 0 Å². The molecule has 3 heteroatoms. The average molecular weight is 397 g/mol. The molecule has 0 saturated carbocycles. The molecule has 4 aromatic rings. The van der Waals surface area contributed by atoms with Crippen LogP contribution >= 0.6 is 0 Å². The highest BCUT2D eigenvalue weighted by Crippen LogP contribution is 2.63. The van der Waals surface area contributed by atoms with E-state index in [0.29, 0.717) is 0 Å². The average Bonchev–Trinajstić information content (AvgIpc) is 3.14. The lowest BCUT2D eigenvalue weighted by Gasteiger charge is -2.44. The van der Waals surface area contributed by atoms with Gasteiger partial charge in [-0.05, 0) is 51.6 Å². The maximum Gasteiger partial charge on any atom is 0.175 e. The molecular weight excluding hydrogens is 368 g/mol. The van der Waals surface area contributed by atoms with E-state index in [0.717, 1.165) is 28.4 Å². The van der Waals surface area contributed by atoms with Gasteiger partial charge in [-0.15, -0.1) is 0 Å². The first-order valence-electron chi connectivity index (χ1n) is 10.8. The fourth-order valence-electron chi connectivity index (χ4n) is 5.73. The van der Waals surface area contributed by atoms with Gasteiger partial charge in [-0.25, -0.2) is 0 Å². The third kappa shape index (κ3) is 1.87. The van der Waals surface area contributed by atoms with Crippen molar-refractivity contribution in [3.05, 3.63) is 59.7 Å². The number of rotatable bonds is 0. The Labute approximate surface area is 177 Å². The lowest BCUT2D eigenvalue weighted by molar-refractivity contribution is 0.125. The minimum atomic E-state index is 0.0397. The fraction of sp³-hybridized carbons (Fsp3) is 0.333. The molecule has 3 aromatic carbocycles. The molecule has 0 spiro atoms. The molecule has 0 saturated heterocycles. The van der Waals surface area contributed by atoms with E-state index in [1.807, 2.05) is 24.3 Å². The van der Waals surface area contributed by atoms with Gasteiger partial charge in [0.2, 0.25) is 0 Å². The Balaban J connectivity index is 1.67. The highest BCUT2D eigenvalue weighted by atomic mass is 16.5. The van der Waals surface area contributed by atoms with Crippen molar-refractivity contribution >= 4 is 33.2 Å². The summed E-state index contributed by atoms with van der Waals surface area (Å²) in [6, 6.07) is 17.1. The van der Waals surface area contributed by atoms with Crippen molar-refractivity contribution in [1.29, 1.82) is 0 Å². The molecular formula is C27H28N2O. The number of para-hydroxylation sites is 2. The number of benzene rings is 3. The summed E-state index contributed by atoms with van der Waals surface area (Å²) in [5, 5.41) is 6.01. The number of aromatic nitrogens is 1. The number of hydrogen-bond acceptors (Lipinski definition) is 2. The van der Waals surface area contributed by atoms with Gasteiger partial charge in [-0.2, -0.15) is 0 Å². The van der Waals surface area contributed by atoms with Crippen LogP contribution in [0.2, 0.25) is 0 Å². The maximum atomic E-state index is 6.38. The Morgan fingerprint density at radius 1 is 0.700 bits per heavy atom. The first-order chi connectivity index (χ1) is 14.1. The van der Waals surface area contributed by atoms with Crippen molar-refractivity contribution in [3.8, 4) is 11.5 Å². The SMILES string of the molecule is CC1(C)c2ccc3c([nH]c4c5c(ccc43)Nc3ccccc3O5)c2C(C)(C)C1(C)C. The van der Waals surface area contributed by atoms with Gasteiger partial charge in [0, 0.05) is 10.8 Å². The quantitative estimate of drug-likeness (QED) is 0.280. The van der Waals surface area contributed by atoms with E-state index in [-0.39, 0.29) is 16.2 Å². The van der Waals surface area contributed by atoms with Crippen molar-refractivity contribution < 1.29 is 4.74 Å². The van der Waals surface area contributed by atoms with Crippen LogP contribution < -0.4 is 10.1 Å². The first kappa shape index (κ1) is 17.9. The van der Waals surface area contributed by atoms with E-state index in [1.54, 1.807) is 0 Å². The van der Waals surface area contributed by atoms with Crippen molar-refractivity contribution in [1.82, 2.24) is 4.98 Å². The molecule has 0 unspecified atom stereocenters. The summed E-state index contributed by atoms with van der Waals surface area (Å²) in [5.41, 5.74) is 7.49. The summed E-state index contributed by atoms with van der Waals surface area (Å²) in [7, 11) is 0. The van der Waals surface area contributed by atoms with Crippen LogP contribution in [0.25, 0.3) is 21.8 Å². The van der Waals surface area contributed by atoms with Crippen molar-refractivity contribution in [2.75, 3.05) is 5.32 Å². The van der Waals surface area contributed by atoms with Crippen LogP contribution in [0.1, 0.15) is 52.7 Å². The summed E-state index contributed by atoms with van der Waals surface area (Å²) in [5.74, 6) is 1.74. The predicted molar refractivity (Wildman–Crippen MR) is 125 cm³/mol. The molecule has 0 amide bonds. The number of aromatic amines is 1. The lowest BCUT2D eigenvalue weighted by atomic mass is 9.59. The van der Waals surface area contributed by atoms with Crippen molar-refractivity contribution in [2.45, 2.75) is 52.4 Å². The van der Waals surface area contributed by atoms with Crippen LogP contribution in [0.5, 0.6) is 11.5 Å². The Kier molecular flexibility index (Phi) is 3.10. The number of anilines is 2. The van der Waals surface area contributed by atoms with E-state index >= 15 is 0 Å². The summed E-state index contributed by atoms with van der Waals surface area (Å²) in [4.78, 5) is 3.80. The standard InChI is InChI=1S/C27H28N2O/c1-25(2)17-13-11-15-16-12-14-19-24(30-20-10-8-7-9-18(20)28-19)23(16)29-22(15)21(17)26(3,4)27(25,5)6/h7-14,28-29H,1-6H3. The van der Waals surface area contributed by atoms with Gasteiger partial charge >= 0.3 is 0 Å². The van der Waals surface area contributed by atoms with Crippen LogP contribution in [-0.4, -0.2) is 4.98 Å². The van der Waals surface area contributed by atoms with Crippen LogP contribution in [-0.2, 0) is 10.8 Å². The molecule has 152 valence electrons. The molecule has 1 aliphatic heterocycles. The minimum absolute atomic E-state index is 0.0397. The van der Waals surface area contributed by atoms with E-state index in [2.05, 4.69) is 76.1 Å². The third-order valence-corrected chi connectivity index (χ3v) is 8.69. The number of nitrogens with one attached hydrogen (secondary N) is 2. The summed E-state index contributed by atoms with van der Waals surface area (Å²) in [6.07, 6.45) is 0. The molecule has 0 fully saturated rings. The molecule has 0 bridgehead atoms. The Morgan fingerprint density at radius 3 is 2.20 bits per heavy atom. The predicted octanol–water partition coefficient (Wildman–Crippen LogP) is 7.77. The van der Waals surface area contributed by atoms with E-state index < -0.39 is 0 Å². The molecule has 1 aromatic heterocycles. The normalized spacial score (nSPS) is 19.7. The second-order valence-electron chi connectivity index (χ2n) is 10.5. The maximum absolute atomic E-state index is 6.38. The van der Waals surface area contributed by atoms with E-state index in [1.165, 1.54) is 27.4 Å². The summed E-state index contributed by atoms with van der Waals surface area (Å²) in [6.45, 7) is 14.4. The van der Waals surface area contributed by atoms with Gasteiger partial charge in [-0.1, -0.05) is 65.8 Å². The number of hydrogen-bond donors (Lipinski definition) is 2. The molecule has 3 nitrogen and oxygen atoms in total. The third-order valence-electron chi connectivity index (χ3n) is 8.69. The Bertz CT molecular complexity index is 1370. The smallest absolute Gasteiger partial charge is 0.175 e. The molecule has 30 heavy (non-hydrogen) atoms. The summed E-state index contributed by atoms with van der Waals surface area (Å²) < 4.78 is 6.38. The molecule has 2 N–H and O–H groups in total. The van der Waals surface area contributed by atoms with Crippen LogP contribution in [0.15, 0.2) is 48.5 Å². The van der Waals surface area contributed by atoms with Crippen molar-refractivity contribution in [2.24, 2.45) is 5.41 Å². The highest BCUT2D eigenvalue weighted by Gasteiger charge is 2.57. The van der Waals surface area contributed by atoms with Crippen LogP contribution in [0, 0.1) is 5.41 Å². The van der Waals surface area contributed by atoms with Gasteiger partial charge < -0.3 is 15.0 Å². The van der Waals surface area contributed by atoms with E-state index in [4.69, 9.17) is 4.74 Å². The second kappa shape index (κ2) is 5.21. The number of H-pyrrole nitrogens is 1. The first-order valence-corrected chi connectivity index (χ1v) is 10.8. The molecule has 2 aliphatic rings. The second-order valence-corrected chi connectivity index (χ2v) is 10.5. The molecule has 0 radical (unpaired) electrons. The number of ether oxygens (including phenoxy) is 1. The number of fused-ring (bicyclic) bond motifs is 8. The van der Waals surface area contributed by atoms with Crippen LogP contribution in [0.3, 0.4) is 0 Å². The lowest BCUT2D eigenvalue weighted by Crippen LogP contribution is -2.42. The van der Waals surface area contributed by atoms with Crippen LogP contribution in [0.4, 0.5) is 11.4 Å². The van der Waals surface area contributed by atoms with Gasteiger partial charge in [0.25, 0.3) is 0 Å². The largest absolute Gasteiger partial charge is 0.451 e. The highest BCUT2D eigenvalue weighted by molar-refractivity contribution is 6.13. The molecule has 6 rings (SSSR count). The topological polar surface area (TPSA) is 37.0 Å². The van der Waals surface area contributed by atoms with Gasteiger partial charge in [-0.3, -0.25) is 0 Å². The van der Waals surface area contributed by atoms with Gasteiger partial charge in [0.1, 0.15) is 0 Å². The summed E-state index contributed by atoms with van der Waals surface area (Å²) >= 11 is 0. The molecule has 2 heterocycles. The van der Waals surface area contributed by atoms with Crippen molar-refractivity contribution in [3.63, 3.8) is 0 Å². The monoisotopic (exact) mass is 396 g/mol. The zero-order chi connectivity index (χ0) is 21.1.